The first-order valence-corrected chi connectivity index (χ1v) is 7.54. The lowest BCUT2D eigenvalue weighted by molar-refractivity contribution is 0.0691. The number of carboxylic acids is 1. The van der Waals surface area contributed by atoms with E-state index < -0.39 is 5.97 Å². The number of benzene rings is 3. The van der Waals surface area contributed by atoms with E-state index in [1.807, 2.05) is 36.4 Å². The molecule has 0 bridgehead atoms. The summed E-state index contributed by atoms with van der Waals surface area (Å²) in [6.45, 7) is 0. The van der Waals surface area contributed by atoms with Crippen LogP contribution in [0.3, 0.4) is 0 Å². The van der Waals surface area contributed by atoms with Crippen molar-refractivity contribution in [2.75, 3.05) is 0 Å². The van der Waals surface area contributed by atoms with Crippen molar-refractivity contribution in [3.8, 4) is 0 Å². The predicted molar refractivity (Wildman–Crippen MR) is 88.1 cm³/mol. The standard InChI is InChI=1S/C20H14O3/c21-19(15-8-1-2-9-16(15)20(22)23)17-11-13-7-3-5-12-6-4-10-14(17)18(12)13/h1-10,17H,11H2,(H,22,23). The highest BCUT2D eigenvalue weighted by molar-refractivity contribution is 6.11. The van der Waals surface area contributed by atoms with E-state index in [1.165, 1.54) is 6.07 Å². The Bertz CT molecular complexity index is 951. The van der Waals surface area contributed by atoms with Crippen molar-refractivity contribution in [2.45, 2.75) is 12.3 Å². The van der Waals surface area contributed by atoms with E-state index in [0.29, 0.717) is 6.42 Å². The molecule has 0 saturated heterocycles. The topological polar surface area (TPSA) is 54.4 Å². The molecule has 1 aliphatic rings. The van der Waals surface area contributed by atoms with E-state index in [-0.39, 0.29) is 22.8 Å². The van der Waals surface area contributed by atoms with E-state index in [9.17, 15) is 14.7 Å². The fraction of sp³-hybridized carbons (Fsp3) is 0.100. The molecule has 0 amide bonds. The molecule has 112 valence electrons. The molecular weight excluding hydrogens is 288 g/mol. The Balaban J connectivity index is 1.84. The third-order valence-electron chi connectivity index (χ3n) is 4.56. The van der Waals surface area contributed by atoms with Gasteiger partial charge >= 0.3 is 5.97 Å². The maximum atomic E-state index is 13.0. The van der Waals surface area contributed by atoms with Crippen molar-refractivity contribution in [3.05, 3.63) is 82.9 Å². The van der Waals surface area contributed by atoms with Gasteiger partial charge in [0.15, 0.2) is 5.78 Å². The molecule has 0 aliphatic heterocycles. The third kappa shape index (κ3) is 2.05. The van der Waals surface area contributed by atoms with Crippen LogP contribution in [0.25, 0.3) is 10.8 Å². The average molecular weight is 302 g/mol. The number of aromatic carboxylic acids is 1. The molecule has 3 aromatic carbocycles. The van der Waals surface area contributed by atoms with Gasteiger partial charge in [-0.3, -0.25) is 4.79 Å². The van der Waals surface area contributed by atoms with Crippen LogP contribution in [0.2, 0.25) is 0 Å². The van der Waals surface area contributed by atoms with Gasteiger partial charge < -0.3 is 5.11 Å². The first-order chi connectivity index (χ1) is 11.2. The summed E-state index contributed by atoms with van der Waals surface area (Å²) in [6, 6.07) is 18.5. The summed E-state index contributed by atoms with van der Waals surface area (Å²) in [4.78, 5) is 24.4. The first kappa shape index (κ1) is 13.7. The van der Waals surface area contributed by atoms with Crippen LogP contribution in [0, 0.1) is 0 Å². The molecule has 23 heavy (non-hydrogen) atoms. The van der Waals surface area contributed by atoms with Crippen LogP contribution in [-0.2, 0) is 6.42 Å². The van der Waals surface area contributed by atoms with E-state index in [0.717, 1.165) is 21.9 Å². The van der Waals surface area contributed by atoms with Crippen molar-refractivity contribution < 1.29 is 14.7 Å². The van der Waals surface area contributed by atoms with Crippen LogP contribution in [0.1, 0.15) is 37.8 Å². The van der Waals surface area contributed by atoms with Crippen LogP contribution in [-0.4, -0.2) is 16.9 Å². The Morgan fingerprint density at radius 1 is 0.870 bits per heavy atom. The quantitative estimate of drug-likeness (QED) is 0.742. The Labute approximate surface area is 133 Å². The van der Waals surface area contributed by atoms with Gasteiger partial charge in [0.2, 0.25) is 0 Å². The van der Waals surface area contributed by atoms with E-state index in [1.54, 1.807) is 18.2 Å². The average Bonchev–Trinajstić information content (AvgIpc) is 2.95. The molecular formula is C20H14O3. The van der Waals surface area contributed by atoms with Crippen LogP contribution >= 0.6 is 0 Å². The van der Waals surface area contributed by atoms with Crippen molar-refractivity contribution in [1.29, 1.82) is 0 Å². The highest BCUT2D eigenvalue weighted by Crippen LogP contribution is 2.40. The van der Waals surface area contributed by atoms with E-state index in [4.69, 9.17) is 0 Å². The summed E-state index contributed by atoms with van der Waals surface area (Å²) in [5.74, 6) is -1.49. The van der Waals surface area contributed by atoms with Crippen molar-refractivity contribution >= 4 is 22.5 Å². The SMILES string of the molecule is O=C(O)c1ccccc1C(=O)C1Cc2cccc3cccc1c23. The maximum Gasteiger partial charge on any atom is 0.336 e. The van der Waals surface area contributed by atoms with Crippen LogP contribution in [0.15, 0.2) is 60.7 Å². The van der Waals surface area contributed by atoms with Gasteiger partial charge in [0.05, 0.1) is 11.5 Å². The minimum atomic E-state index is -1.07. The van der Waals surface area contributed by atoms with Crippen LogP contribution in [0.4, 0.5) is 0 Å². The van der Waals surface area contributed by atoms with Gasteiger partial charge in [0, 0.05) is 5.56 Å². The molecule has 1 N–H and O–H groups in total. The van der Waals surface area contributed by atoms with E-state index in [2.05, 4.69) is 0 Å². The first-order valence-electron chi connectivity index (χ1n) is 7.54. The lowest BCUT2D eigenvalue weighted by atomic mass is 9.89. The van der Waals surface area contributed by atoms with Gasteiger partial charge in [-0.2, -0.15) is 0 Å². The largest absolute Gasteiger partial charge is 0.478 e. The molecule has 0 radical (unpaired) electrons. The van der Waals surface area contributed by atoms with Crippen molar-refractivity contribution in [3.63, 3.8) is 0 Å². The summed E-state index contributed by atoms with van der Waals surface area (Å²) >= 11 is 0. The minimum absolute atomic E-state index is 0.0700. The summed E-state index contributed by atoms with van der Waals surface area (Å²) in [7, 11) is 0. The second kappa shape index (κ2) is 5.06. The van der Waals surface area contributed by atoms with Gasteiger partial charge in [0.1, 0.15) is 0 Å². The number of Topliss-reactive ketones (excluding diaryl/α,β-unsaturated/α-hetero) is 1. The highest BCUT2D eigenvalue weighted by atomic mass is 16.4. The Morgan fingerprint density at radius 3 is 2.30 bits per heavy atom. The summed E-state index contributed by atoms with van der Waals surface area (Å²) < 4.78 is 0. The molecule has 0 saturated carbocycles. The van der Waals surface area contributed by atoms with Crippen molar-refractivity contribution in [2.24, 2.45) is 0 Å². The molecule has 1 unspecified atom stereocenters. The maximum absolute atomic E-state index is 13.0. The molecule has 4 rings (SSSR count). The van der Waals surface area contributed by atoms with E-state index >= 15 is 0 Å². The normalized spacial score (nSPS) is 15.7. The zero-order valence-electron chi connectivity index (χ0n) is 12.3. The summed E-state index contributed by atoms with van der Waals surface area (Å²) in [5.41, 5.74) is 2.52. The molecule has 3 heteroatoms. The number of carboxylic acid groups (broad SMARTS) is 1. The van der Waals surface area contributed by atoms with Crippen LogP contribution < -0.4 is 0 Å². The monoisotopic (exact) mass is 302 g/mol. The Hall–Kier alpha value is -2.94. The van der Waals surface area contributed by atoms with Gasteiger partial charge in [-0.15, -0.1) is 0 Å². The molecule has 3 nitrogen and oxygen atoms in total. The predicted octanol–water partition coefficient (Wildman–Crippen LogP) is 4.06. The van der Waals surface area contributed by atoms with Gasteiger partial charge in [-0.25, -0.2) is 4.79 Å². The fourth-order valence-electron chi connectivity index (χ4n) is 3.55. The summed E-state index contributed by atoms with van der Waals surface area (Å²) in [6.07, 6.45) is 0.628. The molecule has 0 spiro atoms. The van der Waals surface area contributed by atoms with Crippen LogP contribution in [0.5, 0.6) is 0 Å². The minimum Gasteiger partial charge on any atom is -0.478 e. The molecule has 0 fully saturated rings. The van der Waals surface area contributed by atoms with Crippen molar-refractivity contribution in [1.82, 2.24) is 0 Å². The van der Waals surface area contributed by atoms with Gasteiger partial charge in [-0.05, 0) is 34.4 Å². The molecule has 1 atom stereocenters. The van der Waals surface area contributed by atoms with Gasteiger partial charge in [-0.1, -0.05) is 54.6 Å². The number of hydrogen-bond acceptors (Lipinski definition) is 2. The molecule has 0 heterocycles. The van der Waals surface area contributed by atoms with Gasteiger partial charge in [0.25, 0.3) is 0 Å². The summed E-state index contributed by atoms with van der Waals surface area (Å²) in [5, 5.41) is 11.6. The lowest BCUT2D eigenvalue weighted by Gasteiger charge is -2.12. The highest BCUT2D eigenvalue weighted by Gasteiger charge is 2.32. The smallest absolute Gasteiger partial charge is 0.336 e. The molecule has 1 aliphatic carbocycles. The lowest BCUT2D eigenvalue weighted by Crippen LogP contribution is -2.16. The fourth-order valence-corrected chi connectivity index (χ4v) is 3.55. The number of carbonyl (C=O) groups excluding carboxylic acids is 1. The molecule has 0 aromatic heterocycles. The Morgan fingerprint density at radius 2 is 1.57 bits per heavy atom. The second-order valence-electron chi connectivity index (χ2n) is 5.83. The second-order valence-corrected chi connectivity index (χ2v) is 5.83. The number of carbonyl (C=O) groups is 2. The zero-order valence-corrected chi connectivity index (χ0v) is 12.3. The number of ketones is 1. The zero-order chi connectivity index (χ0) is 16.0. The third-order valence-corrected chi connectivity index (χ3v) is 4.56. The number of hydrogen-bond donors (Lipinski definition) is 1. The number of rotatable bonds is 3. The Kier molecular flexibility index (Phi) is 3.01. The molecule has 3 aromatic rings.